The zero-order valence-corrected chi connectivity index (χ0v) is 13.7. The number of aliphatic imine (C=N–C) groups is 1. The average Bonchev–Trinajstić information content (AvgIpc) is 2.40. The molecule has 7 heteroatoms. The van der Waals surface area contributed by atoms with Crippen LogP contribution in [0.15, 0.2) is 4.99 Å². The Bertz CT molecular complexity index is 395. The van der Waals surface area contributed by atoms with Crippen LogP contribution in [0.3, 0.4) is 0 Å². The van der Waals surface area contributed by atoms with Gasteiger partial charge in [-0.15, -0.1) is 0 Å². The second kappa shape index (κ2) is 8.46. The van der Waals surface area contributed by atoms with Gasteiger partial charge in [0.2, 0.25) is 0 Å². The van der Waals surface area contributed by atoms with Crippen molar-refractivity contribution >= 4 is 15.8 Å². The number of rotatable bonds is 6. The second-order valence-electron chi connectivity index (χ2n) is 5.21. The third-order valence-electron chi connectivity index (χ3n) is 3.46. The second-order valence-corrected chi connectivity index (χ2v) is 7.51. The van der Waals surface area contributed by atoms with Gasteiger partial charge in [-0.25, -0.2) is 8.42 Å². The van der Waals surface area contributed by atoms with Crippen LogP contribution in [-0.4, -0.2) is 69.5 Å². The quantitative estimate of drug-likeness (QED) is 0.537. The molecule has 0 radical (unpaired) electrons. The topological polar surface area (TPSA) is 73.8 Å². The predicted molar refractivity (Wildman–Crippen MR) is 84.0 cm³/mol. The molecule has 0 aromatic rings. The fourth-order valence-electron chi connectivity index (χ4n) is 1.93. The Kier molecular flexibility index (Phi) is 7.29. The van der Waals surface area contributed by atoms with Gasteiger partial charge in [-0.05, 0) is 20.3 Å². The molecule has 0 bridgehead atoms. The van der Waals surface area contributed by atoms with Crippen molar-refractivity contribution in [2.75, 3.05) is 44.2 Å². The largest absolute Gasteiger partial charge is 0.357 e. The van der Waals surface area contributed by atoms with E-state index in [-0.39, 0.29) is 11.5 Å². The summed E-state index contributed by atoms with van der Waals surface area (Å²) >= 11 is 0. The Balaban J connectivity index is 2.36. The van der Waals surface area contributed by atoms with Gasteiger partial charge in [0.1, 0.15) is 0 Å². The summed E-state index contributed by atoms with van der Waals surface area (Å²) in [6.45, 7) is 9.91. The fourth-order valence-corrected chi connectivity index (χ4v) is 3.21. The van der Waals surface area contributed by atoms with Crippen molar-refractivity contribution in [3.05, 3.63) is 0 Å². The highest BCUT2D eigenvalue weighted by atomic mass is 32.2. The first-order chi connectivity index (χ1) is 9.46. The van der Waals surface area contributed by atoms with Crippen LogP contribution >= 0.6 is 0 Å². The van der Waals surface area contributed by atoms with Gasteiger partial charge in [0.15, 0.2) is 15.8 Å². The molecule has 2 N–H and O–H groups in total. The lowest BCUT2D eigenvalue weighted by Gasteiger charge is -2.25. The van der Waals surface area contributed by atoms with Gasteiger partial charge < -0.3 is 10.6 Å². The molecular weight excluding hydrogens is 276 g/mol. The Morgan fingerprint density at radius 2 is 1.95 bits per heavy atom. The minimum Gasteiger partial charge on any atom is -0.357 e. The summed E-state index contributed by atoms with van der Waals surface area (Å²) in [5, 5.41) is 6.57. The standard InChI is InChI=1S/C13H28N4O2S/c1-4-12(3)16-13(14-5-2)15-6-7-17-8-10-20(18,19)11-9-17/h12H,4-11H2,1-3H3,(H2,14,15,16). The van der Waals surface area contributed by atoms with Crippen molar-refractivity contribution in [1.82, 2.24) is 15.5 Å². The highest BCUT2D eigenvalue weighted by molar-refractivity contribution is 7.91. The van der Waals surface area contributed by atoms with Crippen LogP contribution in [0.4, 0.5) is 0 Å². The molecule has 0 amide bonds. The lowest BCUT2D eigenvalue weighted by Crippen LogP contribution is -2.43. The van der Waals surface area contributed by atoms with Crippen LogP contribution in [0.2, 0.25) is 0 Å². The Morgan fingerprint density at radius 3 is 2.50 bits per heavy atom. The zero-order chi connectivity index (χ0) is 15.0. The number of nitrogens with one attached hydrogen (secondary N) is 2. The molecule has 118 valence electrons. The minimum absolute atomic E-state index is 0.280. The molecule has 1 unspecified atom stereocenters. The maximum Gasteiger partial charge on any atom is 0.191 e. The Labute approximate surface area is 122 Å². The molecule has 0 aromatic heterocycles. The van der Waals surface area contributed by atoms with Crippen molar-refractivity contribution in [2.24, 2.45) is 4.99 Å². The Morgan fingerprint density at radius 1 is 1.30 bits per heavy atom. The lowest BCUT2D eigenvalue weighted by atomic mass is 10.3. The predicted octanol–water partition coefficient (Wildman–Crippen LogP) is 0.0704. The van der Waals surface area contributed by atoms with Crippen LogP contribution in [0.5, 0.6) is 0 Å². The molecule has 1 heterocycles. The lowest BCUT2D eigenvalue weighted by molar-refractivity contribution is 0.304. The van der Waals surface area contributed by atoms with E-state index >= 15 is 0 Å². The van der Waals surface area contributed by atoms with Gasteiger partial charge in [0.25, 0.3) is 0 Å². The van der Waals surface area contributed by atoms with E-state index in [1.165, 1.54) is 0 Å². The summed E-state index contributed by atoms with van der Waals surface area (Å²) in [5.41, 5.74) is 0. The first-order valence-corrected chi connectivity index (χ1v) is 9.26. The number of guanidine groups is 1. The molecule has 0 saturated carbocycles. The molecule has 1 aliphatic heterocycles. The van der Waals surface area contributed by atoms with Gasteiger partial charge in [-0.2, -0.15) is 0 Å². The number of nitrogens with zero attached hydrogens (tertiary/aromatic N) is 2. The van der Waals surface area contributed by atoms with E-state index in [0.717, 1.165) is 25.5 Å². The van der Waals surface area contributed by atoms with Crippen molar-refractivity contribution < 1.29 is 8.42 Å². The van der Waals surface area contributed by atoms with E-state index in [4.69, 9.17) is 0 Å². The molecule has 1 fully saturated rings. The van der Waals surface area contributed by atoms with E-state index in [0.29, 0.717) is 25.7 Å². The molecule has 0 spiro atoms. The summed E-state index contributed by atoms with van der Waals surface area (Å²) in [5.74, 6) is 1.40. The summed E-state index contributed by atoms with van der Waals surface area (Å²) in [4.78, 5) is 6.70. The third-order valence-corrected chi connectivity index (χ3v) is 5.07. The first kappa shape index (κ1) is 17.2. The summed E-state index contributed by atoms with van der Waals surface area (Å²) in [7, 11) is -2.79. The van der Waals surface area contributed by atoms with Crippen LogP contribution < -0.4 is 10.6 Å². The summed E-state index contributed by atoms with van der Waals surface area (Å²) in [6.07, 6.45) is 1.05. The van der Waals surface area contributed by atoms with E-state index in [1.54, 1.807) is 0 Å². The van der Waals surface area contributed by atoms with E-state index < -0.39 is 9.84 Å². The molecule has 20 heavy (non-hydrogen) atoms. The average molecular weight is 304 g/mol. The summed E-state index contributed by atoms with van der Waals surface area (Å²) < 4.78 is 22.7. The van der Waals surface area contributed by atoms with Crippen LogP contribution in [-0.2, 0) is 9.84 Å². The third kappa shape index (κ3) is 6.56. The monoisotopic (exact) mass is 304 g/mol. The molecule has 0 aliphatic carbocycles. The van der Waals surface area contributed by atoms with Gasteiger partial charge in [-0.3, -0.25) is 9.89 Å². The molecule has 1 atom stereocenters. The number of sulfone groups is 1. The zero-order valence-electron chi connectivity index (χ0n) is 12.9. The molecule has 1 saturated heterocycles. The molecule has 0 aromatic carbocycles. The molecular formula is C13H28N4O2S. The summed E-state index contributed by atoms with van der Waals surface area (Å²) in [6, 6.07) is 0.396. The number of hydrogen-bond donors (Lipinski definition) is 2. The van der Waals surface area contributed by atoms with E-state index in [9.17, 15) is 8.42 Å². The minimum atomic E-state index is -2.79. The maximum atomic E-state index is 11.3. The first-order valence-electron chi connectivity index (χ1n) is 7.44. The van der Waals surface area contributed by atoms with E-state index in [1.807, 2.05) is 6.92 Å². The molecule has 1 rings (SSSR count). The van der Waals surface area contributed by atoms with Gasteiger partial charge >= 0.3 is 0 Å². The van der Waals surface area contributed by atoms with Crippen molar-refractivity contribution in [1.29, 1.82) is 0 Å². The van der Waals surface area contributed by atoms with E-state index in [2.05, 4.69) is 34.4 Å². The SMILES string of the molecule is CCNC(=NCCN1CCS(=O)(=O)CC1)NC(C)CC. The Hall–Kier alpha value is -0.820. The smallest absolute Gasteiger partial charge is 0.191 e. The van der Waals surface area contributed by atoms with Crippen LogP contribution in [0, 0.1) is 0 Å². The highest BCUT2D eigenvalue weighted by Crippen LogP contribution is 2.02. The van der Waals surface area contributed by atoms with Crippen molar-refractivity contribution in [3.63, 3.8) is 0 Å². The molecule has 6 nitrogen and oxygen atoms in total. The van der Waals surface area contributed by atoms with Gasteiger partial charge in [-0.1, -0.05) is 6.92 Å². The number of hydrogen-bond acceptors (Lipinski definition) is 4. The van der Waals surface area contributed by atoms with Gasteiger partial charge in [0, 0.05) is 32.2 Å². The molecule has 1 aliphatic rings. The normalized spacial score (nSPS) is 21.4. The maximum absolute atomic E-state index is 11.3. The van der Waals surface area contributed by atoms with Crippen molar-refractivity contribution in [2.45, 2.75) is 33.2 Å². The van der Waals surface area contributed by atoms with Crippen molar-refractivity contribution in [3.8, 4) is 0 Å². The van der Waals surface area contributed by atoms with Crippen LogP contribution in [0.25, 0.3) is 0 Å². The highest BCUT2D eigenvalue weighted by Gasteiger charge is 2.20. The fraction of sp³-hybridized carbons (Fsp3) is 0.923. The van der Waals surface area contributed by atoms with Crippen LogP contribution in [0.1, 0.15) is 27.2 Å². The van der Waals surface area contributed by atoms with Gasteiger partial charge in [0.05, 0.1) is 18.1 Å².